The third kappa shape index (κ3) is 405. The Morgan fingerprint density at radius 1 is 0.385 bits per heavy atom. The molecule has 0 saturated carbocycles. The first-order chi connectivity index (χ1) is 5.20. The van der Waals surface area contributed by atoms with Crippen LogP contribution in [0.25, 0.3) is 0 Å². The minimum Gasteiger partial charge on any atom is -0.405 e. The predicted octanol–water partition coefficient (Wildman–Crippen LogP) is -10.7. The van der Waals surface area contributed by atoms with Gasteiger partial charge < -0.3 is 37.8 Å². The standard InChI is InChI=1S/3BrO3.Lu/c3*2-1(3)4;/q3*-1;. The molecule has 0 unspecified atom stereocenters. The zero-order chi connectivity index (χ0) is 10.7. The molecule has 13 heavy (non-hydrogen) atoms. The minimum atomic E-state index is -3.65. The molecule has 0 aliphatic carbocycles. The van der Waals surface area contributed by atoms with Gasteiger partial charge in [0.05, 0.1) is 0 Å². The van der Waals surface area contributed by atoms with Gasteiger partial charge in [-0.15, -0.1) is 0 Å². The molecule has 1 radical (unpaired) electrons. The second kappa shape index (κ2) is 19.8. The Hall–Kier alpha value is 2.31. The summed E-state index contributed by atoms with van der Waals surface area (Å²) in [6.07, 6.45) is 0. The molecular weight excluding hydrogens is 559 g/mol. The fraction of sp³-hybridized carbons (Fsp3) is 0. The number of rotatable bonds is 0. The monoisotopic (exact) mass is 556 g/mol. The second-order valence-electron chi connectivity index (χ2n) is 0.567. The van der Waals surface area contributed by atoms with Crippen LogP contribution in [-0.2, 0) is 0 Å². The molecule has 0 heterocycles. The van der Waals surface area contributed by atoms with Gasteiger partial charge in [0.15, 0.2) is 0 Å². The molecule has 0 fully saturated rings. The molecule has 0 spiro atoms. The largest absolute Gasteiger partial charge is 0.405 e. The summed E-state index contributed by atoms with van der Waals surface area (Å²) >= 11 is -10.9. The van der Waals surface area contributed by atoms with Crippen LogP contribution in [0.15, 0.2) is 0 Å². The van der Waals surface area contributed by atoms with Crippen molar-refractivity contribution >= 4 is 0 Å². The molecule has 0 aromatic heterocycles. The third-order valence-corrected chi connectivity index (χ3v) is 0. The van der Waals surface area contributed by atoms with Crippen molar-refractivity contribution in [3.05, 3.63) is 0 Å². The Labute approximate surface area is 118 Å². The van der Waals surface area contributed by atoms with Gasteiger partial charge in [0.1, 0.15) is 0 Å². The van der Waals surface area contributed by atoms with Crippen molar-refractivity contribution in [1.29, 1.82) is 0 Å². The molecule has 0 aromatic rings. The summed E-state index contributed by atoms with van der Waals surface area (Å²) in [5, 5.41) is 0. The van der Waals surface area contributed by atoms with Crippen LogP contribution in [-0.4, -0.2) is 0 Å². The van der Waals surface area contributed by atoms with Crippen LogP contribution in [0.1, 0.15) is 0 Å². The van der Waals surface area contributed by atoms with Gasteiger partial charge in [-0.05, 0) is 0 Å². The molecule has 0 aliphatic rings. The fourth-order valence-electron chi connectivity index (χ4n) is 0. The summed E-state index contributed by atoms with van der Waals surface area (Å²) in [5.41, 5.74) is 0. The summed E-state index contributed by atoms with van der Waals surface area (Å²) < 4.78 is 76.7. The number of hydrogen-bond acceptors (Lipinski definition) is 9. The minimum absolute atomic E-state index is 0. The molecular formula is Br3LuO9-3. The van der Waals surface area contributed by atoms with E-state index < -0.39 is 44.4 Å². The molecule has 0 atom stereocenters. The van der Waals surface area contributed by atoms with Crippen LogP contribution in [0.4, 0.5) is 0 Å². The maximum Gasteiger partial charge on any atom is 0.216 e. The van der Waals surface area contributed by atoms with Gasteiger partial charge in [-0.25, -0.2) is 0 Å². The van der Waals surface area contributed by atoms with E-state index in [-0.39, 0.29) is 36.9 Å². The normalized spacial score (nSPS) is 8.31. The summed E-state index contributed by atoms with van der Waals surface area (Å²) in [7, 11) is 0. The zero-order valence-electron chi connectivity index (χ0n) is 5.07. The van der Waals surface area contributed by atoms with E-state index in [0.717, 1.165) is 0 Å². The van der Waals surface area contributed by atoms with Crippen LogP contribution in [0, 0.1) is 81.3 Å². The Morgan fingerprint density at radius 3 is 0.385 bits per heavy atom. The van der Waals surface area contributed by atoms with Crippen molar-refractivity contribution in [2.24, 2.45) is 0 Å². The summed E-state index contributed by atoms with van der Waals surface area (Å²) in [6, 6.07) is 0. The van der Waals surface area contributed by atoms with E-state index in [1.807, 2.05) is 0 Å². The van der Waals surface area contributed by atoms with E-state index in [2.05, 4.69) is 0 Å². The fourth-order valence-corrected chi connectivity index (χ4v) is 0. The molecule has 9 nitrogen and oxygen atoms in total. The van der Waals surface area contributed by atoms with Crippen LogP contribution < -0.4 is 37.8 Å². The molecule has 0 N–H and O–H groups in total. The quantitative estimate of drug-likeness (QED) is 0.276. The third-order valence-electron chi connectivity index (χ3n) is 0. The van der Waals surface area contributed by atoms with Crippen LogP contribution >= 0.6 is 0 Å². The Morgan fingerprint density at radius 2 is 0.385 bits per heavy atom. The zero-order valence-corrected chi connectivity index (χ0v) is 11.5. The van der Waals surface area contributed by atoms with Gasteiger partial charge in [-0.1, -0.05) is 0 Å². The van der Waals surface area contributed by atoms with Gasteiger partial charge in [-0.3, -0.25) is 0 Å². The summed E-state index contributed by atoms with van der Waals surface area (Å²) in [6.45, 7) is 0. The van der Waals surface area contributed by atoms with Gasteiger partial charge in [-0.2, -0.15) is 0 Å². The van der Waals surface area contributed by atoms with Crippen molar-refractivity contribution in [3.8, 4) is 0 Å². The summed E-state index contributed by atoms with van der Waals surface area (Å²) in [4.78, 5) is 0. The first-order valence-corrected chi connectivity index (χ1v) is 7.22. The second-order valence-corrected chi connectivity index (χ2v) is 2.95. The Kier molecular flexibility index (Phi) is 37.4. The predicted molar refractivity (Wildman–Crippen MR) is 0 cm³/mol. The average molecular weight is 559 g/mol. The van der Waals surface area contributed by atoms with E-state index in [1.54, 1.807) is 0 Å². The van der Waals surface area contributed by atoms with Crippen molar-refractivity contribution in [1.82, 2.24) is 0 Å². The van der Waals surface area contributed by atoms with Crippen LogP contribution in [0.3, 0.4) is 0 Å². The first kappa shape index (κ1) is 24.5. The van der Waals surface area contributed by atoms with E-state index in [4.69, 9.17) is 37.8 Å². The molecule has 93 valence electrons. The van der Waals surface area contributed by atoms with Crippen molar-refractivity contribution < 1.29 is 119 Å². The molecule has 0 rings (SSSR count). The van der Waals surface area contributed by atoms with Gasteiger partial charge >= 0.3 is 0 Å². The molecule has 13 heteroatoms. The smallest absolute Gasteiger partial charge is 0.216 e. The van der Waals surface area contributed by atoms with Gasteiger partial charge in [0, 0.05) is 36.9 Å². The molecule has 0 aliphatic heterocycles. The maximum atomic E-state index is 8.52. The van der Waals surface area contributed by atoms with Gasteiger partial charge in [0.2, 0.25) is 44.4 Å². The molecule has 0 bridgehead atoms. The number of hydrogen-bond donors (Lipinski definition) is 0. The topological polar surface area (TPSA) is 208 Å². The Balaban J connectivity index is -0.0000000450. The first-order valence-electron chi connectivity index (χ1n) is 1.39. The molecule has 0 aromatic carbocycles. The van der Waals surface area contributed by atoms with Crippen molar-refractivity contribution in [3.63, 3.8) is 0 Å². The van der Waals surface area contributed by atoms with E-state index in [1.165, 1.54) is 0 Å². The van der Waals surface area contributed by atoms with E-state index >= 15 is 0 Å². The SMILES string of the molecule is [Lu].[O-][Br+2]([O-])[O-].[O-][Br+2]([O-])[O-].[O-][Br+2]([O-])[O-]. The van der Waals surface area contributed by atoms with Crippen LogP contribution in [0.2, 0.25) is 0 Å². The van der Waals surface area contributed by atoms with Crippen molar-refractivity contribution in [2.45, 2.75) is 0 Å². The van der Waals surface area contributed by atoms with Gasteiger partial charge in [0.25, 0.3) is 0 Å². The molecule has 0 amide bonds. The Bertz CT molecular complexity index is 43.4. The maximum absolute atomic E-state index is 8.52. The van der Waals surface area contributed by atoms with Crippen molar-refractivity contribution in [2.75, 3.05) is 0 Å². The van der Waals surface area contributed by atoms with E-state index in [0.29, 0.717) is 0 Å². The molecule has 0 saturated heterocycles. The average Bonchev–Trinajstić information content (AvgIpc) is 1.54. The van der Waals surface area contributed by atoms with E-state index in [9.17, 15) is 0 Å². The summed E-state index contributed by atoms with van der Waals surface area (Å²) in [5.74, 6) is 0. The van der Waals surface area contributed by atoms with Crippen LogP contribution in [0.5, 0.6) is 0 Å². The number of halogens is 3.